The molecule has 0 aromatic heterocycles. The zero-order valence-corrected chi connectivity index (χ0v) is 15.3. The van der Waals surface area contributed by atoms with E-state index in [0.717, 1.165) is 31.4 Å². The fourth-order valence-corrected chi connectivity index (χ4v) is 3.60. The first-order valence-corrected chi connectivity index (χ1v) is 8.87. The summed E-state index contributed by atoms with van der Waals surface area (Å²) >= 11 is 0. The van der Waals surface area contributed by atoms with Crippen molar-refractivity contribution in [1.82, 2.24) is 5.32 Å². The molecule has 0 radical (unpaired) electrons. The lowest BCUT2D eigenvalue weighted by atomic mass is 9.91. The predicted octanol–water partition coefficient (Wildman–Crippen LogP) is 3.30. The lowest BCUT2D eigenvalue weighted by Gasteiger charge is -2.27. The summed E-state index contributed by atoms with van der Waals surface area (Å²) in [5.41, 5.74) is 0.818. The zero-order valence-electron chi connectivity index (χ0n) is 15.3. The van der Waals surface area contributed by atoms with Crippen LogP contribution in [-0.4, -0.2) is 39.0 Å². The van der Waals surface area contributed by atoms with Crippen LogP contribution >= 0.6 is 0 Å². The number of aliphatic hydroxyl groups excluding tert-OH is 1. The van der Waals surface area contributed by atoms with Crippen molar-refractivity contribution in [2.75, 3.05) is 27.9 Å². The van der Waals surface area contributed by atoms with Crippen LogP contribution in [0, 0.1) is 5.92 Å². The molecule has 0 saturated heterocycles. The van der Waals surface area contributed by atoms with E-state index in [1.165, 1.54) is 12.8 Å². The van der Waals surface area contributed by atoms with Crippen LogP contribution in [0.5, 0.6) is 17.2 Å². The van der Waals surface area contributed by atoms with Crippen molar-refractivity contribution in [3.63, 3.8) is 0 Å². The second kappa shape index (κ2) is 9.14. The van der Waals surface area contributed by atoms with Gasteiger partial charge in [0.2, 0.25) is 5.75 Å². The first-order chi connectivity index (χ1) is 11.7. The number of nitrogens with one attached hydrogen (secondary N) is 1. The Morgan fingerprint density at radius 2 is 1.79 bits per heavy atom. The summed E-state index contributed by atoms with van der Waals surface area (Å²) < 4.78 is 16.2. The summed E-state index contributed by atoms with van der Waals surface area (Å²) in [5, 5.41) is 14.6. The molecule has 5 nitrogen and oxygen atoms in total. The SMILES string of the molecule is CCCCNC1CCCC1C(O)c1cc(OC)c(OC)c(OC)c1. The third-order valence-electron chi connectivity index (χ3n) is 4.94. The van der Waals surface area contributed by atoms with E-state index in [9.17, 15) is 5.11 Å². The minimum Gasteiger partial charge on any atom is -0.493 e. The summed E-state index contributed by atoms with van der Waals surface area (Å²) in [5.74, 6) is 1.93. The molecule has 3 unspecified atom stereocenters. The summed E-state index contributed by atoms with van der Waals surface area (Å²) in [6, 6.07) is 4.08. The number of aliphatic hydroxyl groups is 1. The normalized spacial score (nSPS) is 21.5. The Morgan fingerprint density at radius 1 is 1.12 bits per heavy atom. The Balaban J connectivity index is 2.20. The van der Waals surface area contributed by atoms with Gasteiger partial charge in [0.1, 0.15) is 0 Å². The Bertz CT molecular complexity index is 495. The van der Waals surface area contributed by atoms with Crippen LogP contribution in [0.25, 0.3) is 0 Å². The number of benzene rings is 1. The quantitative estimate of drug-likeness (QED) is 0.677. The van der Waals surface area contributed by atoms with Gasteiger partial charge in [-0.05, 0) is 43.5 Å². The molecule has 24 heavy (non-hydrogen) atoms. The molecule has 2 N–H and O–H groups in total. The highest BCUT2D eigenvalue weighted by atomic mass is 16.5. The molecule has 136 valence electrons. The molecule has 3 atom stereocenters. The van der Waals surface area contributed by atoms with E-state index in [0.29, 0.717) is 23.3 Å². The summed E-state index contributed by atoms with van der Waals surface area (Å²) in [7, 11) is 4.78. The Kier molecular flexibility index (Phi) is 7.18. The van der Waals surface area contributed by atoms with Gasteiger partial charge in [-0.15, -0.1) is 0 Å². The molecule has 1 aliphatic carbocycles. The van der Waals surface area contributed by atoms with Crippen molar-refractivity contribution in [3.05, 3.63) is 17.7 Å². The number of hydrogen-bond donors (Lipinski definition) is 2. The van der Waals surface area contributed by atoms with Crippen molar-refractivity contribution in [3.8, 4) is 17.2 Å². The van der Waals surface area contributed by atoms with Gasteiger partial charge in [-0.2, -0.15) is 0 Å². The van der Waals surface area contributed by atoms with Crippen molar-refractivity contribution < 1.29 is 19.3 Å². The number of rotatable bonds is 9. The largest absolute Gasteiger partial charge is 0.493 e. The molecule has 0 bridgehead atoms. The molecule has 1 aliphatic rings. The van der Waals surface area contributed by atoms with Gasteiger partial charge in [-0.1, -0.05) is 19.8 Å². The lowest BCUT2D eigenvalue weighted by Crippen LogP contribution is -2.36. The van der Waals surface area contributed by atoms with E-state index < -0.39 is 6.10 Å². The van der Waals surface area contributed by atoms with Crippen LogP contribution in [0.2, 0.25) is 0 Å². The van der Waals surface area contributed by atoms with Crippen molar-refractivity contribution in [1.29, 1.82) is 0 Å². The van der Waals surface area contributed by atoms with E-state index in [-0.39, 0.29) is 5.92 Å². The van der Waals surface area contributed by atoms with Gasteiger partial charge in [0, 0.05) is 12.0 Å². The van der Waals surface area contributed by atoms with Gasteiger partial charge in [0.25, 0.3) is 0 Å². The minimum atomic E-state index is -0.541. The van der Waals surface area contributed by atoms with Crippen LogP contribution in [-0.2, 0) is 0 Å². The molecule has 0 spiro atoms. The van der Waals surface area contributed by atoms with Gasteiger partial charge in [0.15, 0.2) is 11.5 Å². The fraction of sp³-hybridized carbons (Fsp3) is 0.684. The number of ether oxygens (including phenoxy) is 3. The zero-order chi connectivity index (χ0) is 17.5. The van der Waals surface area contributed by atoms with Gasteiger partial charge in [-0.25, -0.2) is 0 Å². The standard InChI is InChI=1S/C19H31NO4/c1-5-6-10-20-15-9-7-8-14(15)18(21)13-11-16(22-2)19(24-4)17(12-13)23-3/h11-12,14-15,18,20-21H,5-10H2,1-4H3. The molecule has 1 fully saturated rings. The highest BCUT2D eigenvalue weighted by Gasteiger charge is 2.34. The third kappa shape index (κ3) is 4.14. The molecule has 0 aliphatic heterocycles. The van der Waals surface area contributed by atoms with Crippen molar-refractivity contribution >= 4 is 0 Å². The Morgan fingerprint density at radius 3 is 2.33 bits per heavy atom. The van der Waals surface area contributed by atoms with E-state index in [1.807, 2.05) is 12.1 Å². The van der Waals surface area contributed by atoms with Crippen molar-refractivity contribution in [2.24, 2.45) is 5.92 Å². The smallest absolute Gasteiger partial charge is 0.203 e. The van der Waals surface area contributed by atoms with Gasteiger partial charge < -0.3 is 24.6 Å². The van der Waals surface area contributed by atoms with Crippen molar-refractivity contribution in [2.45, 2.75) is 51.2 Å². The first-order valence-electron chi connectivity index (χ1n) is 8.87. The van der Waals surface area contributed by atoms with Gasteiger partial charge >= 0.3 is 0 Å². The molecule has 1 aromatic rings. The van der Waals surface area contributed by atoms with E-state index in [2.05, 4.69) is 12.2 Å². The first kappa shape index (κ1) is 18.9. The Labute approximate surface area is 145 Å². The molecule has 2 rings (SSSR count). The average Bonchev–Trinajstić information content (AvgIpc) is 3.08. The third-order valence-corrected chi connectivity index (χ3v) is 4.94. The van der Waals surface area contributed by atoms with E-state index in [4.69, 9.17) is 14.2 Å². The topological polar surface area (TPSA) is 60.0 Å². The fourth-order valence-electron chi connectivity index (χ4n) is 3.60. The Hall–Kier alpha value is -1.46. The maximum absolute atomic E-state index is 11.0. The second-order valence-electron chi connectivity index (χ2n) is 6.41. The second-order valence-corrected chi connectivity index (χ2v) is 6.41. The molecule has 0 heterocycles. The summed E-state index contributed by atoms with van der Waals surface area (Å²) in [6.45, 7) is 3.21. The summed E-state index contributed by atoms with van der Waals surface area (Å²) in [4.78, 5) is 0. The number of methoxy groups -OCH3 is 3. The monoisotopic (exact) mass is 337 g/mol. The molecule has 1 aromatic carbocycles. The number of unbranched alkanes of at least 4 members (excludes halogenated alkanes) is 1. The summed E-state index contributed by atoms with van der Waals surface area (Å²) in [6.07, 6.45) is 5.11. The van der Waals surface area contributed by atoms with Gasteiger partial charge in [0.05, 0.1) is 27.4 Å². The van der Waals surface area contributed by atoms with Crippen LogP contribution in [0.4, 0.5) is 0 Å². The van der Waals surface area contributed by atoms with Crippen LogP contribution in [0.15, 0.2) is 12.1 Å². The lowest BCUT2D eigenvalue weighted by molar-refractivity contribution is 0.0948. The molecule has 5 heteroatoms. The van der Waals surface area contributed by atoms with Crippen LogP contribution in [0.3, 0.4) is 0 Å². The van der Waals surface area contributed by atoms with Crippen LogP contribution < -0.4 is 19.5 Å². The maximum atomic E-state index is 11.0. The van der Waals surface area contributed by atoms with Crippen LogP contribution in [0.1, 0.15) is 50.7 Å². The molecule has 0 amide bonds. The van der Waals surface area contributed by atoms with Gasteiger partial charge in [-0.3, -0.25) is 0 Å². The average molecular weight is 337 g/mol. The molecular weight excluding hydrogens is 306 g/mol. The van der Waals surface area contributed by atoms with E-state index >= 15 is 0 Å². The minimum absolute atomic E-state index is 0.213. The highest BCUT2D eigenvalue weighted by Crippen LogP contribution is 2.43. The maximum Gasteiger partial charge on any atom is 0.203 e. The molecular formula is C19H31NO4. The van der Waals surface area contributed by atoms with E-state index in [1.54, 1.807) is 21.3 Å². The number of hydrogen-bond acceptors (Lipinski definition) is 5. The molecule has 1 saturated carbocycles. The highest BCUT2D eigenvalue weighted by molar-refractivity contribution is 5.54. The predicted molar refractivity (Wildman–Crippen MR) is 95.1 cm³/mol.